The maximum atomic E-state index is 11.1. The highest BCUT2D eigenvalue weighted by Gasteiger charge is 2.18. The van der Waals surface area contributed by atoms with Crippen LogP contribution in [0.2, 0.25) is 0 Å². The van der Waals surface area contributed by atoms with Crippen LogP contribution in [0.5, 0.6) is 0 Å². The van der Waals surface area contributed by atoms with Crippen LogP contribution in [-0.4, -0.2) is 21.7 Å². The molecule has 96 valence electrons. The predicted octanol–water partition coefficient (Wildman–Crippen LogP) is 2.10. The van der Waals surface area contributed by atoms with Crippen LogP contribution < -0.4 is 5.32 Å². The van der Waals surface area contributed by atoms with Crippen molar-refractivity contribution >= 4 is 5.97 Å². The lowest BCUT2D eigenvalue weighted by Gasteiger charge is -2.17. The lowest BCUT2D eigenvalue weighted by Crippen LogP contribution is -2.37. The molecular formula is C13H22N2O2. The standard InChI is InChI=1S/C13H22N2O2/c1-4-15-7-5-6-11(15)9-14-12(13(16)17)8-10(2)3/h5-7,10,12,14H,4,8-9H2,1-3H3,(H,16,17). The zero-order valence-electron chi connectivity index (χ0n) is 10.8. The second kappa shape index (κ2) is 6.45. The summed E-state index contributed by atoms with van der Waals surface area (Å²) >= 11 is 0. The minimum absolute atomic E-state index is 0.376. The number of hydrogen-bond donors (Lipinski definition) is 2. The molecule has 1 atom stereocenters. The van der Waals surface area contributed by atoms with Gasteiger partial charge in [0.2, 0.25) is 0 Å². The third-order valence-electron chi connectivity index (χ3n) is 2.80. The number of aryl methyl sites for hydroxylation is 1. The van der Waals surface area contributed by atoms with Gasteiger partial charge in [-0.2, -0.15) is 0 Å². The van der Waals surface area contributed by atoms with Crippen LogP contribution in [0.25, 0.3) is 0 Å². The van der Waals surface area contributed by atoms with Crippen LogP contribution >= 0.6 is 0 Å². The Morgan fingerprint density at radius 1 is 1.53 bits per heavy atom. The smallest absolute Gasteiger partial charge is 0.320 e. The fraction of sp³-hybridized carbons (Fsp3) is 0.615. The van der Waals surface area contributed by atoms with E-state index in [-0.39, 0.29) is 0 Å². The molecule has 0 aliphatic carbocycles. The van der Waals surface area contributed by atoms with E-state index in [1.165, 1.54) is 0 Å². The molecule has 0 aliphatic rings. The summed E-state index contributed by atoms with van der Waals surface area (Å²) in [4.78, 5) is 11.1. The first kappa shape index (κ1) is 13.8. The van der Waals surface area contributed by atoms with Gasteiger partial charge >= 0.3 is 5.97 Å². The molecule has 1 aromatic heterocycles. The number of hydrogen-bond acceptors (Lipinski definition) is 2. The van der Waals surface area contributed by atoms with E-state index in [0.717, 1.165) is 12.2 Å². The number of rotatable bonds is 7. The Morgan fingerprint density at radius 3 is 2.76 bits per heavy atom. The Morgan fingerprint density at radius 2 is 2.24 bits per heavy atom. The molecule has 4 heteroatoms. The molecule has 2 N–H and O–H groups in total. The van der Waals surface area contributed by atoms with Crippen molar-refractivity contribution in [3.05, 3.63) is 24.0 Å². The first-order valence-corrected chi connectivity index (χ1v) is 6.14. The molecule has 17 heavy (non-hydrogen) atoms. The molecule has 0 amide bonds. The summed E-state index contributed by atoms with van der Waals surface area (Å²) in [6.07, 6.45) is 2.66. The molecule has 0 bridgehead atoms. The Hall–Kier alpha value is -1.29. The number of aliphatic carboxylic acids is 1. The molecule has 0 saturated carbocycles. The van der Waals surface area contributed by atoms with Crippen molar-refractivity contribution in [2.75, 3.05) is 0 Å². The van der Waals surface area contributed by atoms with E-state index in [2.05, 4.69) is 16.8 Å². The molecule has 1 rings (SSSR count). The lowest BCUT2D eigenvalue weighted by atomic mass is 10.0. The van der Waals surface area contributed by atoms with E-state index in [4.69, 9.17) is 5.11 Å². The van der Waals surface area contributed by atoms with Crippen molar-refractivity contribution in [2.24, 2.45) is 5.92 Å². The van der Waals surface area contributed by atoms with Gasteiger partial charge in [-0.15, -0.1) is 0 Å². The van der Waals surface area contributed by atoms with Gasteiger partial charge in [-0.05, 0) is 31.4 Å². The quantitative estimate of drug-likeness (QED) is 0.765. The van der Waals surface area contributed by atoms with Crippen LogP contribution in [0.4, 0.5) is 0 Å². The predicted molar refractivity (Wildman–Crippen MR) is 67.8 cm³/mol. The van der Waals surface area contributed by atoms with E-state index in [1.807, 2.05) is 32.2 Å². The first-order chi connectivity index (χ1) is 8.04. The largest absolute Gasteiger partial charge is 0.480 e. The summed E-state index contributed by atoms with van der Waals surface area (Å²) in [5, 5.41) is 12.2. The molecule has 1 unspecified atom stereocenters. The van der Waals surface area contributed by atoms with Crippen LogP contribution in [0.1, 0.15) is 32.9 Å². The van der Waals surface area contributed by atoms with Gasteiger partial charge in [0.15, 0.2) is 0 Å². The molecule has 0 aliphatic heterocycles. The van der Waals surface area contributed by atoms with Crippen molar-refractivity contribution in [3.8, 4) is 0 Å². The molecule has 0 fully saturated rings. The van der Waals surface area contributed by atoms with Crippen molar-refractivity contribution in [3.63, 3.8) is 0 Å². The highest BCUT2D eigenvalue weighted by molar-refractivity contribution is 5.73. The monoisotopic (exact) mass is 238 g/mol. The van der Waals surface area contributed by atoms with Crippen LogP contribution in [0, 0.1) is 5.92 Å². The van der Waals surface area contributed by atoms with Gasteiger partial charge in [0.25, 0.3) is 0 Å². The molecular weight excluding hydrogens is 216 g/mol. The zero-order valence-corrected chi connectivity index (χ0v) is 10.8. The molecule has 0 spiro atoms. The summed E-state index contributed by atoms with van der Waals surface area (Å²) in [6.45, 7) is 7.65. The van der Waals surface area contributed by atoms with Crippen LogP contribution in [-0.2, 0) is 17.9 Å². The second-order valence-corrected chi connectivity index (χ2v) is 4.69. The number of nitrogens with one attached hydrogen (secondary N) is 1. The van der Waals surface area contributed by atoms with Gasteiger partial charge in [0, 0.05) is 25.0 Å². The summed E-state index contributed by atoms with van der Waals surface area (Å²) < 4.78 is 2.11. The average molecular weight is 238 g/mol. The lowest BCUT2D eigenvalue weighted by molar-refractivity contribution is -0.140. The second-order valence-electron chi connectivity index (χ2n) is 4.69. The molecule has 0 aromatic carbocycles. The number of carbonyl (C=O) groups is 1. The van der Waals surface area contributed by atoms with E-state index in [0.29, 0.717) is 18.9 Å². The first-order valence-electron chi connectivity index (χ1n) is 6.14. The zero-order chi connectivity index (χ0) is 12.8. The van der Waals surface area contributed by atoms with Gasteiger partial charge in [0.05, 0.1) is 0 Å². The highest BCUT2D eigenvalue weighted by atomic mass is 16.4. The third kappa shape index (κ3) is 4.23. The molecule has 0 radical (unpaired) electrons. The Bertz CT molecular complexity index is 358. The van der Waals surface area contributed by atoms with E-state index in [9.17, 15) is 4.79 Å². The van der Waals surface area contributed by atoms with E-state index < -0.39 is 12.0 Å². The minimum atomic E-state index is -0.770. The van der Waals surface area contributed by atoms with Gasteiger partial charge in [0.1, 0.15) is 6.04 Å². The number of aromatic nitrogens is 1. The summed E-state index contributed by atoms with van der Waals surface area (Å²) in [7, 11) is 0. The normalized spacial score (nSPS) is 12.9. The van der Waals surface area contributed by atoms with Gasteiger partial charge in [-0.1, -0.05) is 13.8 Å². The van der Waals surface area contributed by atoms with E-state index in [1.54, 1.807) is 0 Å². The van der Waals surface area contributed by atoms with Crippen molar-refractivity contribution in [1.82, 2.24) is 9.88 Å². The maximum absolute atomic E-state index is 11.1. The van der Waals surface area contributed by atoms with Crippen molar-refractivity contribution in [2.45, 2.75) is 46.3 Å². The SMILES string of the molecule is CCn1cccc1CNC(CC(C)C)C(=O)O. The maximum Gasteiger partial charge on any atom is 0.320 e. The van der Waals surface area contributed by atoms with Gasteiger partial charge < -0.3 is 9.67 Å². The Kier molecular flexibility index (Phi) is 5.22. The Labute approximate surface area is 103 Å². The number of carboxylic acids is 1. The number of carboxylic acid groups (broad SMARTS) is 1. The number of nitrogens with zero attached hydrogens (tertiary/aromatic N) is 1. The van der Waals surface area contributed by atoms with E-state index >= 15 is 0 Å². The van der Waals surface area contributed by atoms with Gasteiger partial charge in [-0.25, -0.2) is 0 Å². The highest BCUT2D eigenvalue weighted by Crippen LogP contribution is 2.07. The molecule has 0 saturated heterocycles. The molecule has 1 aromatic rings. The summed E-state index contributed by atoms with van der Waals surface area (Å²) in [6, 6.07) is 3.54. The fourth-order valence-electron chi connectivity index (χ4n) is 1.89. The summed E-state index contributed by atoms with van der Waals surface area (Å²) in [5.41, 5.74) is 1.13. The van der Waals surface area contributed by atoms with Crippen molar-refractivity contribution in [1.29, 1.82) is 0 Å². The van der Waals surface area contributed by atoms with Crippen LogP contribution in [0.15, 0.2) is 18.3 Å². The average Bonchev–Trinajstić information content (AvgIpc) is 2.70. The molecule has 4 nitrogen and oxygen atoms in total. The Balaban J connectivity index is 2.54. The van der Waals surface area contributed by atoms with Gasteiger partial charge in [-0.3, -0.25) is 10.1 Å². The summed E-state index contributed by atoms with van der Waals surface area (Å²) in [5.74, 6) is -0.394. The topological polar surface area (TPSA) is 54.3 Å². The third-order valence-corrected chi connectivity index (χ3v) is 2.80. The minimum Gasteiger partial charge on any atom is -0.480 e. The molecule has 1 heterocycles. The van der Waals surface area contributed by atoms with Crippen LogP contribution in [0.3, 0.4) is 0 Å². The van der Waals surface area contributed by atoms with Crippen molar-refractivity contribution < 1.29 is 9.90 Å². The fourth-order valence-corrected chi connectivity index (χ4v) is 1.89.